The molecule has 2 aromatic rings. The van der Waals surface area contributed by atoms with E-state index in [4.69, 9.17) is 11.6 Å². The number of halogens is 6. The zero-order chi connectivity index (χ0) is 14.9. The van der Waals surface area contributed by atoms with Gasteiger partial charge in [0.1, 0.15) is 11.6 Å². The number of hydrogen-bond acceptors (Lipinski definition) is 0. The summed E-state index contributed by atoms with van der Waals surface area (Å²) in [6.07, 6.45) is -4.79. The molecule has 0 N–H and O–H groups in total. The first-order chi connectivity index (χ1) is 9.30. The summed E-state index contributed by atoms with van der Waals surface area (Å²) in [4.78, 5) is 0. The summed E-state index contributed by atoms with van der Waals surface area (Å²) in [5.41, 5.74) is -1.36. The summed E-state index contributed by atoms with van der Waals surface area (Å²) < 4.78 is 64.5. The third-order valence-corrected chi connectivity index (χ3v) is 3.26. The number of benzene rings is 2. The monoisotopic (exact) mass is 306 g/mol. The predicted octanol–water partition coefficient (Wildman–Crippen LogP) is 5.31. The molecule has 0 saturated heterocycles. The summed E-state index contributed by atoms with van der Waals surface area (Å²) >= 11 is 5.98. The highest BCUT2D eigenvalue weighted by atomic mass is 35.5. The Bertz CT molecular complexity index is 604. The topological polar surface area (TPSA) is 0 Å². The van der Waals surface area contributed by atoms with Crippen molar-refractivity contribution in [2.45, 2.75) is 11.6 Å². The zero-order valence-corrected chi connectivity index (χ0v) is 10.6. The Balaban J connectivity index is 2.45. The molecule has 0 radical (unpaired) electrons. The Kier molecular flexibility index (Phi) is 3.99. The molecule has 2 aromatic carbocycles. The van der Waals surface area contributed by atoms with Crippen molar-refractivity contribution >= 4 is 11.6 Å². The fourth-order valence-electron chi connectivity index (χ4n) is 1.78. The van der Waals surface area contributed by atoms with Crippen molar-refractivity contribution in [1.29, 1.82) is 0 Å². The van der Waals surface area contributed by atoms with E-state index in [0.717, 1.165) is 18.2 Å². The van der Waals surface area contributed by atoms with Gasteiger partial charge in [-0.25, -0.2) is 8.78 Å². The van der Waals surface area contributed by atoms with E-state index in [1.54, 1.807) is 0 Å². The Labute approximate surface area is 116 Å². The average molecular weight is 307 g/mol. The lowest BCUT2D eigenvalue weighted by molar-refractivity contribution is -0.140. The van der Waals surface area contributed by atoms with Crippen LogP contribution in [0.3, 0.4) is 0 Å². The zero-order valence-electron chi connectivity index (χ0n) is 9.89. The van der Waals surface area contributed by atoms with Crippen LogP contribution in [-0.4, -0.2) is 0 Å². The molecule has 6 heteroatoms. The van der Waals surface area contributed by atoms with Crippen LogP contribution in [-0.2, 0) is 6.18 Å². The smallest absolute Gasteiger partial charge is 0.207 e. The molecule has 20 heavy (non-hydrogen) atoms. The highest BCUT2D eigenvalue weighted by Gasteiger charge is 2.35. The summed E-state index contributed by atoms with van der Waals surface area (Å²) in [6, 6.07) is 7.71. The second-order valence-corrected chi connectivity index (χ2v) is 4.56. The van der Waals surface area contributed by atoms with Crippen molar-refractivity contribution in [2.75, 3.05) is 0 Å². The quantitative estimate of drug-likeness (QED) is 0.521. The van der Waals surface area contributed by atoms with Gasteiger partial charge in [-0.1, -0.05) is 24.3 Å². The van der Waals surface area contributed by atoms with Crippen LogP contribution in [0.15, 0.2) is 42.5 Å². The minimum Gasteiger partial charge on any atom is -0.207 e. The lowest BCUT2D eigenvalue weighted by atomic mass is 10.0. The van der Waals surface area contributed by atoms with Crippen LogP contribution >= 0.6 is 11.6 Å². The van der Waals surface area contributed by atoms with Gasteiger partial charge in [0.15, 0.2) is 0 Å². The van der Waals surface area contributed by atoms with Gasteiger partial charge in [0, 0.05) is 5.56 Å². The maximum Gasteiger partial charge on any atom is 0.419 e. The van der Waals surface area contributed by atoms with E-state index in [2.05, 4.69) is 0 Å². The molecule has 0 amide bonds. The summed E-state index contributed by atoms with van der Waals surface area (Å²) in [5, 5.41) is -1.13. The fraction of sp³-hybridized carbons (Fsp3) is 0.143. The molecule has 0 aliphatic carbocycles. The molecular weight excluding hydrogens is 299 g/mol. The van der Waals surface area contributed by atoms with Crippen LogP contribution in [0, 0.1) is 11.6 Å². The van der Waals surface area contributed by atoms with Crippen LogP contribution in [0.25, 0.3) is 0 Å². The molecule has 2 rings (SSSR count). The van der Waals surface area contributed by atoms with Crippen LogP contribution in [0.2, 0.25) is 0 Å². The van der Waals surface area contributed by atoms with Gasteiger partial charge in [0.25, 0.3) is 0 Å². The lowest BCUT2D eigenvalue weighted by Gasteiger charge is -2.15. The normalized spacial score (nSPS) is 13.3. The Morgan fingerprint density at radius 2 is 1.50 bits per heavy atom. The van der Waals surface area contributed by atoms with E-state index in [0.29, 0.717) is 11.6 Å². The van der Waals surface area contributed by atoms with Gasteiger partial charge in [0.2, 0.25) is 0 Å². The average Bonchev–Trinajstić information content (AvgIpc) is 2.37. The van der Waals surface area contributed by atoms with Crippen LogP contribution in [0.5, 0.6) is 0 Å². The molecule has 106 valence electrons. The molecule has 0 nitrogen and oxygen atoms in total. The maximum atomic E-state index is 13.9. The number of alkyl halides is 4. The van der Waals surface area contributed by atoms with Gasteiger partial charge >= 0.3 is 6.18 Å². The van der Waals surface area contributed by atoms with Crippen molar-refractivity contribution in [1.82, 2.24) is 0 Å². The molecule has 0 bridgehead atoms. The van der Waals surface area contributed by atoms with Gasteiger partial charge in [-0.2, -0.15) is 13.2 Å². The Morgan fingerprint density at radius 3 is 2.05 bits per heavy atom. The van der Waals surface area contributed by atoms with E-state index >= 15 is 0 Å². The molecular formula is C14H8ClF5. The van der Waals surface area contributed by atoms with Crippen LogP contribution < -0.4 is 0 Å². The van der Waals surface area contributed by atoms with E-state index in [1.807, 2.05) is 0 Å². The maximum absolute atomic E-state index is 13.9. The van der Waals surface area contributed by atoms with Gasteiger partial charge < -0.3 is 0 Å². The highest BCUT2D eigenvalue weighted by Crippen LogP contribution is 2.37. The molecule has 1 unspecified atom stereocenters. The summed E-state index contributed by atoms with van der Waals surface area (Å²) in [7, 11) is 0. The van der Waals surface area contributed by atoms with Crippen molar-refractivity contribution in [3.05, 3.63) is 70.8 Å². The molecule has 0 aliphatic rings. The van der Waals surface area contributed by atoms with Crippen molar-refractivity contribution in [3.8, 4) is 0 Å². The third-order valence-electron chi connectivity index (χ3n) is 2.77. The van der Waals surface area contributed by atoms with E-state index in [-0.39, 0.29) is 5.56 Å². The van der Waals surface area contributed by atoms with Crippen molar-refractivity contribution < 1.29 is 22.0 Å². The number of hydrogen-bond donors (Lipinski definition) is 0. The van der Waals surface area contributed by atoms with Gasteiger partial charge in [-0.05, 0) is 23.8 Å². The minimum absolute atomic E-state index is 0.298. The highest BCUT2D eigenvalue weighted by molar-refractivity contribution is 6.22. The van der Waals surface area contributed by atoms with Crippen molar-refractivity contribution in [3.63, 3.8) is 0 Å². The lowest BCUT2D eigenvalue weighted by Crippen LogP contribution is -2.10. The fourth-order valence-corrected chi connectivity index (χ4v) is 2.09. The molecule has 0 spiro atoms. The van der Waals surface area contributed by atoms with E-state index < -0.39 is 28.8 Å². The van der Waals surface area contributed by atoms with Crippen LogP contribution in [0.4, 0.5) is 22.0 Å². The summed E-state index contributed by atoms with van der Waals surface area (Å²) in [5.74, 6) is -1.92. The van der Waals surface area contributed by atoms with Gasteiger partial charge in [-0.3, -0.25) is 0 Å². The molecule has 0 fully saturated rings. The second-order valence-electron chi connectivity index (χ2n) is 4.12. The van der Waals surface area contributed by atoms with Gasteiger partial charge in [-0.15, -0.1) is 11.6 Å². The first-order valence-corrected chi connectivity index (χ1v) is 5.99. The first kappa shape index (κ1) is 14.8. The van der Waals surface area contributed by atoms with E-state index in [9.17, 15) is 22.0 Å². The number of rotatable bonds is 2. The molecule has 0 aromatic heterocycles. The SMILES string of the molecule is Fc1ccc(C(Cl)c2cccc(C(F)(F)F)c2F)cc1. The van der Waals surface area contributed by atoms with Crippen molar-refractivity contribution in [2.24, 2.45) is 0 Å². The third kappa shape index (κ3) is 2.93. The Hall–Kier alpha value is -1.62. The minimum atomic E-state index is -4.79. The van der Waals surface area contributed by atoms with Gasteiger partial charge in [0.05, 0.1) is 10.9 Å². The standard InChI is InChI=1S/C14H8ClF5/c15-12(8-4-6-9(16)7-5-8)10-2-1-3-11(13(10)17)14(18,19)20/h1-7,12H. The molecule has 0 saturated carbocycles. The largest absolute Gasteiger partial charge is 0.419 e. The summed E-state index contributed by atoms with van der Waals surface area (Å²) in [6.45, 7) is 0. The second kappa shape index (κ2) is 5.40. The molecule has 0 aliphatic heterocycles. The first-order valence-electron chi connectivity index (χ1n) is 5.56. The molecule has 1 atom stereocenters. The Morgan fingerprint density at radius 1 is 0.900 bits per heavy atom. The van der Waals surface area contributed by atoms with E-state index in [1.165, 1.54) is 18.2 Å². The molecule has 0 heterocycles. The predicted molar refractivity (Wildman–Crippen MR) is 65.5 cm³/mol. The van der Waals surface area contributed by atoms with Crippen LogP contribution in [0.1, 0.15) is 22.1 Å².